The molecular weight excluding hydrogens is 350 g/mol. The summed E-state index contributed by atoms with van der Waals surface area (Å²) in [6.45, 7) is 3.45. The van der Waals surface area contributed by atoms with Crippen LogP contribution in [-0.4, -0.2) is 44.4 Å². The van der Waals surface area contributed by atoms with Gasteiger partial charge in [0.05, 0.1) is 6.54 Å². The number of benzene rings is 1. The van der Waals surface area contributed by atoms with Crippen molar-refractivity contribution in [3.8, 4) is 0 Å². The molecule has 1 aliphatic carbocycles. The number of para-hydroxylation sites is 1. The molecule has 4 rings (SSSR count). The molecule has 2 heterocycles. The molecule has 6 nitrogen and oxygen atoms in total. The second kappa shape index (κ2) is 8.52. The Bertz CT molecular complexity index is 890. The number of fused-ring (bicyclic) bond motifs is 1. The second-order valence-electron chi connectivity index (χ2n) is 7.42. The molecule has 2 aromatic heterocycles. The van der Waals surface area contributed by atoms with Crippen LogP contribution in [0.25, 0.3) is 10.9 Å². The maximum absolute atomic E-state index is 13.2. The van der Waals surface area contributed by atoms with Gasteiger partial charge in [-0.1, -0.05) is 18.2 Å². The third-order valence-corrected chi connectivity index (χ3v) is 5.62. The third kappa shape index (κ3) is 4.07. The van der Waals surface area contributed by atoms with Crippen molar-refractivity contribution in [3.63, 3.8) is 0 Å². The van der Waals surface area contributed by atoms with Gasteiger partial charge in [0, 0.05) is 41.9 Å². The fraction of sp³-hybridized carbons (Fsp3) is 0.409. The number of carbonyl (C=O) groups excluding carboxylic acids is 1. The van der Waals surface area contributed by atoms with E-state index in [1.54, 1.807) is 12.4 Å². The molecule has 146 valence electrons. The predicted molar refractivity (Wildman–Crippen MR) is 110 cm³/mol. The summed E-state index contributed by atoms with van der Waals surface area (Å²) in [5.41, 5.74) is 1.68. The van der Waals surface area contributed by atoms with E-state index >= 15 is 0 Å². The minimum absolute atomic E-state index is 0.0933. The van der Waals surface area contributed by atoms with Gasteiger partial charge in [-0.15, -0.1) is 0 Å². The first-order valence-corrected chi connectivity index (χ1v) is 10.1. The van der Waals surface area contributed by atoms with Gasteiger partial charge < -0.3 is 15.2 Å². The van der Waals surface area contributed by atoms with E-state index < -0.39 is 0 Å². The first-order valence-electron chi connectivity index (χ1n) is 10.1. The van der Waals surface area contributed by atoms with Crippen molar-refractivity contribution >= 4 is 16.8 Å². The Hall–Kier alpha value is -2.73. The number of aromatic amines is 1. The molecule has 1 saturated carbocycles. The molecule has 6 heteroatoms. The minimum Gasteiger partial charge on any atom is -0.351 e. The Morgan fingerprint density at radius 3 is 2.82 bits per heavy atom. The summed E-state index contributed by atoms with van der Waals surface area (Å²) in [5.74, 6) is 0.905. The lowest BCUT2D eigenvalue weighted by atomic mass is 9.89. The molecule has 1 fully saturated rings. The Labute approximate surface area is 165 Å². The van der Waals surface area contributed by atoms with E-state index in [2.05, 4.69) is 27.2 Å². The first-order chi connectivity index (χ1) is 13.7. The average molecular weight is 377 g/mol. The van der Waals surface area contributed by atoms with Gasteiger partial charge in [0.15, 0.2) is 0 Å². The zero-order valence-corrected chi connectivity index (χ0v) is 16.3. The molecule has 2 atom stereocenters. The highest BCUT2D eigenvalue weighted by Crippen LogP contribution is 2.25. The monoisotopic (exact) mass is 377 g/mol. The van der Waals surface area contributed by atoms with Crippen LogP contribution in [0.5, 0.6) is 0 Å². The maximum Gasteiger partial charge on any atom is 0.270 e. The Kier molecular flexibility index (Phi) is 5.67. The topological polar surface area (TPSA) is 73.9 Å². The Balaban J connectivity index is 1.42. The van der Waals surface area contributed by atoms with E-state index in [4.69, 9.17) is 0 Å². The van der Waals surface area contributed by atoms with E-state index in [1.165, 1.54) is 0 Å². The zero-order valence-electron chi connectivity index (χ0n) is 16.3. The van der Waals surface area contributed by atoms with Crippen molar-refractivity contribution in [3.05, 3.63) is 60.3 Å². The van der Waals surface area contributed by atoms with Crippen LogP contribution >= 0.6 is 0 Å². The van der Waals surface area contributed by atoms with Crippen LogP contribution in [0.1, 0.15) is 48.9 Å². The van der Waals surface area contributed by atoms with Gasteiger partial charge in [-0.3, -0.25) is 4.79 Å². The summed E-state index contributed by atoms with van der Waals surface area (Å²) in [4.78, 5) is 27.1. The molecule has 0 spiro atoms. The summed E-state index contributed by atoms with van der Waals surface area (Å²) < 4.78 is 0. The molecule has 3 aromatic rings. The largest absolute Gasteiger partial charge is 0.351 e. The lowest BCUT2D eigenvalue weighted by Gasteiger charge is -2.37. The van der Waals surface area contributed by atoms with Gasteiger partial charge >= 0.3 is 0 Å². The Morgan fingerprint density at radius 2 is 2.04 bits per heavy atom. The molecule has 1 amide bonds. The van der Waals surface area contributed by atoms with Crippen LogP contribution in [0.3, 0.4) is 0 Å². The molecule has 0 bridgehead atoms. The van der Waals surface area contributed by atoms with Crippen molar-refractivity contribution in [2.24, 2.45) is 0 Å². The van der Waals surface area contributed by atoms with Crippen LogP contribution in [0.15, 0.2) is 48.8 Å². The smallest absolute Gasteiger partial charge is 0.270 e. The SMILES string of the molecule is CCN(C(=O)c1cc2ccccc2[nH]1)[C@H]1CCC[C@@H](NCc2ncccn2)C1. The number of H-pyrrole nitrogens is 1. The molecule has 1 aromatic carbocycles. The van der Waals surface area contributed by atoms with Crippen LogP contribution in [0.4, 0.5) is 0 Å². The molecule has 2 N–H and O–H groups in total. The molecule has 1 aliphatic rings. The van der Waals surface area contributed by atoms with Gasteiger partial charge in [-0.2, -0.15) is 0 Å². The van der Waals surface area contributed by atoms with Crippen molar-refractivity contribution in [1.82, 2.24) is 25.2 Å². The van der Waals surface area contributed by atoms with Crippen molar-refractivity contribution < 1.29 is 4.79 Å². The highest BCUT2D eigenvalue weighted by Gasteiger charge is 2.29. The molecule has 0 saturated heterocycles. The van der Waals surface area contributed by atoms with Crippen LogP contribution in [-0.2, 0) is 6.54 Å². The molecule has 0 aliphatic heterocycles. The van der Waals surface area contributed by atoms with Crippen molar-refractivity contribution in [2.75, 3.05) is 6.54 Å². The normalized spacial score (nSPS) is 19.6. The van der Waals surface area contributed by atoms with Gasteiger partial charge in [-0.05, 0) is 50.8 Å². The van der Waals surface area contributed by atoms with Crippen LogP contribution in [0.2, 0.25) is 0 Å². The number of hydrogen-bond donors (Lipinski definition) is 2. The van der Waals surface area contributed by atoms with Crippen molar-refractivity contribution in [2.45, 2.75) is 51.2 Å². The summed E-state index contributed by atoms with van der Waals surface area (Å²) in [6.07, 6.45) is 7.80. The molecule has 28 heavy (non-hydrogen) atoms. The van der Waals surface area contributed by atoms with E-state index in [9.17, 15) is 4.79 Å². The van der Waals surface area contributed by atoms with E-state index in [1.807, 2.05) is 41.3 Å². The molecule has 0 unspecified atom stereocenters. The summed E-state index contributed by atoms with van der Waals surface area (Å²) in [5, 5.41) is 4.65. The second-order valence-corrected chi connectivity index (χ2v) is 7.42. The van der Waals surface area contributed by atoms with Crippen LogP contribution in [0, 0.1) is 0 Å². The lowest BCUT2D eigenvalue weighted by Crippen LogP contribution is -2.47. The highest BCUT2D eigenvalue weighted by molar-refractivity contribution is 5.98. The van der Waals surface area contributed by atoms with Crippen LogP contribution < -0.4 is 5.32 Å². The van der Waals surface area contributed by atoms with Gasteiger partial charge in [0.1, 0.15) is 11.5 Å². The van der Waals surface area contributed by atoms with Crippen molar-refractivity contribution in [1.29, 1.82) is 0 Å². The van der Waals surface area contributed by atoms with Gasteiger partial charge in [0.2, 0.25) is 0 Å². The number of nitrogens with one attached hydrogen (secondary N) is 2. The summed E-state index contributed by atoms with van der Waals surface area (Å²) in [6, 6.07) is 12.5. The first kappa shape index (κ1) is 18.6. The fourth-order valence-corrected chi connectivity index (χ4v) is 4.20. The molecule has 0 radical (unpaired) electrons. The van der Waals surface area contributed by atoms with Gasteiger partial charge in [0.25, 0.3) is 5.91 Å². The maximum atomic E-state index is 13.2. The minimum atomic E-state index is 0.0933. The number of carbonyl (C=O) groups is 1. The third-order valence-electron chi connectivity index (χ3n) is 5.62. The highest BCUT2D eigenvalue weighted by atomic mass is 16.2. The quantitative estimate of drug-likeness (QED) is 0.689. The molecular formula is C22H27N5O. The summed E-state index contributed by atoms with van der Waals surface area (Å²) in [7, 11) is 0. The number of hydrogen-bond acceptors (Lipinski definition) is 4. The lowest BCUT2D eigenvalue weighted by molar-refractivity contribution is 0.0623. The number of nitrogens with zero attached hydrogens (tertiary/aromatic N) is 3. The number of amides is 1. The summed E-state index contributed by atoms with van der Waals surface area (Å²) >= 11 is 0. The Morgan fingerprint density at radius 1 is 1.21 bits per heavy atom. The fourth-order valence-electron chi connectivity index (χ4n) is 4.20. The number of aromatic nitrogens is 3. The average Bonchev–Trinajstić information content (AvgIpc) is 3.18. The van der Waals surface area contributed by atoms with E-state index in [0.717, 1.165) is 42.4 Å². The van der Waals surface area contributed by atoms with E-state index in [0.29, 0.717) is 24.8 Å². The standard InChI is InChI=1S/C22H27N5O/c1-2-27(22(28)20-13-16-7-3-4-10-19(16)26-20)18-9-5-8-17(14-18)25-15-21-23-11-6-12-24-21/h3-4,6-7,10-13,17-18,25-26H,2,5,8-9,14-15H2,1H3/t17-,18+/m1/s1. The predicted octanol–water partition coefficient (Wildman–Crippen LogP) is 3.52. The van der Waals surface area contributed by atoms with E-state index in [-0.39, 0.29) is 11.9 Å². The zero-order chi connectivity index (χ0) is 19.3. The van der Waals surface area contributed by atoms with Gasteiger partial charge in [-0.25, -0.2) is 9.97 Å². The number of rotatable bonds is 6.